The lowest BCUT2D eigenvalue weighted by atomic mass is 9.99. The van der Waals surface area contributed by atoms with Crippen molar-refractivity contribution in [1.29, 1.82) is 0 Å². The molecule has 25 heavy (non-hydrogen) atoms. The molecule has 0 radical (unpaired) electrons. The van der Waals surface area contributed by atoms with Gasteiger partial charge in [-0.2, -0.15) is 0 Å². The molecule has 5 nitrogen and oxygen atoms in total. The number of ether oxygens (including phenoxy) is 1. The molecule has 130 valence electrons. The number of para-hydroxylation sites is 1. The van der Waals surface area contributed by atoms with E-state index in [9.17, 15) is 4.79 Å². The Bertz CT molecular complexity index is 727. The molecule has 0 unspecified atom stereocenters. The smallest absolute Gasteiger partial charge is 0.255 e. The maximum absolute atomic E-state index is 12.5. The number of hydrogen-bond donors (Lipinski definition) is 1. The van der Waals surface area contributed by atoms with Crippen LogP contribution in [0.4, 0.5) is 0 Å². The number of likely N-dealkylation sites (tertiary alicyclic amines) is 1. The third-order valence-corrected chi connectivity index (χ3v) is 5.04. The summed E-state index contributed by atoms with van der Waals surface area (Å²) >= 11 is 0. The van der Waals surface area contributed by atoms with Crippen molar-refractivity contribution in [3.05, 3.63) is 59.9 Å². The van der Waals surface area contributed by atoms with Gasteiger partial charge >= 0.3 is 0 Å². The van der Waals surface area contributed by atoms with Gasteiger partial charge in [-0.1, -0.05) is 18.2 Å². The summed E-state index contributed by atoms with van der Waals surface area (Å²) in [6.45, 7) is 2.29. The van der Waals surface area contributed by atoms with Gasteiger partial charge in [-0.25, -0.2) is 0 Å². The topological polar surface area (TPSA) is 54.5 Å². The summed E-state index contributed by atoms with van der Waals surface area (Å²) < 4.78 is 5.86. The SMILES string of the molecule is O=C(c1cccnc1)N1CCC(N[C@@H]2COc3ccccc3C2)CC1. The van der Waals surface area contributed by atoms with Gasteiger partial charge in [0, 0.05) is 37.6 Å². The second kappa shape index (κ2) is 7.23. The number of nitrogens with one attached hydrogen (secondary N) is 1. The molecule has 4 rings (SSSR count). The lowest BCUT2D eigenvalue weighted by molar-refractivity contribution is 0.0696. The molecular formula is C20H23N3O2. The minimum atomic E-state index is 0.0847. The van der Waals surface area contributed by atoms with Gasteiger partial charge in [0.05, 0.1) is 5.56 Å². The van der Waals surface area contributed by atoms with Crippen LogP contribution < -0.4 is 10.1 Å². The van der Waals surface area contributed by atoms with Crippen LogP contribution in [0.2, 0.25) is 0 Å². The summed E-state index contributed by atoms with van der Waals surface area (Å²) in [6, 6.07) is 12.7. The zero-order valence-electron chi connectivity index (χ0n) is 14.2. The number of benzene rings is 1. The first-order valence-corrected chi connectivity index (χ1v) is 8.95. The average molecular weight is 337 g/mol. The van der Waals surface area contributed by atoms with Gasteiger partial charge < -0.3 is 15.0 Å². The van der Waals surface area contributed by atoms with Crippen molar-refractivity contribution in [2.24, 2.45) is 0 Å². The van der Waals surface area contributed by atoms with Gasteiger partial charge in [0.2, 0.25) is 0 Å². The molecule has 1 aromatic heterocycles. The van der Waals surface area contributed by atoms with Crippen molar-refractivity contribution < 1.29 is 9.53 Å². The number of hydrogen-bond acceptors (Lipinski definition) is 4. The molecule has 0 bridgehead atoms. The highest BCUT2D eigenvalue weighted by Crippen LogP contribution is 2.24. The number of fused-ring (bicyclic) bond motifs is 1. The quantitative estimate of drug-likeness (QED) is 0.934. The van der Waals surface area contributed by atoms with E-state index in [-0.39, 0.29) is 5.91 Å². The Kier molecular flexibility index (Phi) is 4.65. The Labute approximate surface area is 148 Å². The molecule has 1 fully saturated rings. The molecule has 2 aliphatic rings. The maximum Gasteiger partial charge on any atom is 0.255 e. The first-order valence-electron chi connectivity index (χ1n) is 8.95. The predicted octanol–water partition coefficient (Wildman–Crippen LogP) is 2.28. The largest absolute Gasteiger partial charge is 0.492 e. The van der Waals surface area contributed by atoms with Crippen molar-refractivity contribution in [2.45, 2.75) is 31.3 Å². The first kappa shape index (κ1) is 16.1. The fourth-order valence-electron chi connectivity index (χ4n) is 3.69. The summed E-state index contributed by atoms with van der Waals surface area (Å²) in [6.07, 6.45) is 6.29. The molecule has 2 aliphatic heterocycles. The van der Waals surface area contributed by atoms with E-state index in [2.05, 4.69) is 22.4 Å². The molecule has 1 saturated heterocycles. The van der Waals surface area contributed by atoms with Gasteiger partial charge in [-0.15, -0.1) is 0 Å². The van der Waals surface area contributed by atoms with Crippen molar-refractivity contribution >= 4 is 5.91 Å². The van der Waals surface area contributed by atoms with Crippen LogP contribution in [0.1, 0.15) is 28.8 Å². The third-order valence-electron chi connectivity index (χ3n) is 5.04. The highest BCUT2D eigenvalue weighted by molar-refractivity contribution is 5.93. The highest BCUT2D eigenvalue weighted by atomic mass is 16.5. The minimum absolute atomic E-state index is 0.0847. The van der Waals surface area contributed by atoms with E-state index in [1.165, 1.54) is 5.56 Å². The number of carbonyl (C=O) groups excluding carboxylic acids is 1. The van der Waals surface area contributed by atoms with Crippen LogP contribution in [0.5, 0.6) is 5.75 Å². The zero-order chi connectivity index (χ0) is 17.1. The highest BCUT2D eigenvalue weighted by Gasteiger charge is 2.27. The summed E-state index contributed by atoms with van der Waals surface area (Å²) in [5.41, 5.74) is 1.95. The number of nitrogens with zero attached hydrogens (tertiary/aromatic N) is 2. The number of carbonyl (C=O) groups is 1. The summed E-state index contributed by atoms with van der Waals surface area (Å²) in [4.78, 5) is 18.4. The van der Waals surface area contributed by atoms with E-state index in [0.717, 1.165) is 38.1 Å². The molecule has 1 N–H and O–H groups in total. The summed E-state index contributed by atoms with van der Waals surface area (Å²) in [5, 5.41) is 3.72. The van der Waals surface area contributed by atoms with Gasteiger partial charge in [0.1, 0.15) is 12.4 Å². The summed E-state index contributed by atoms with van der Waals surface area (Å²) in [7, 11) is 0. The second-order valence-corrected chi connectivity index (χ2v) is 6.79. The number of rotatable bonds is 3. The van der Waals surface area contributed by atoms with Crippen LogP contribution in [-0.4, -0.2) is 47.6 Å². The zero-order valence-corrected chi connectivity index (χ0v) is 14.2. The second-order valence-electron chi connectivity index (χ2n) is 6.79. The normalized spacial score (nSPS) is 20.6. The molecule has 0 spiro atoms. The standard InChI is InChI=1S/C20H23N3O2/c24-20(16-5-3-9-21-13-16)23-10-7-17(8-11-23)22-18-12-15-4-1-2-6-19(15)25-14-18/h1-6,9,13,17-18,22H,7-8,10-12,14H2/t18-/m0/s1. The lowest BCUT2D eigenvalue weighted by Gasteiger charge is -2.36. The predicted molar refractivity (Wildman–Crippen MR) is 95.7 cm³/mol. The van der Waals surface area contributed by atoms with E-state index in [1.807, 2.05) is 29.2 Å². The Morgan fingerprint density at radius 2 is 1.96 bits per heavy atom. The molecule has 1 atom stereocenters. The molecule has 5 heteroatoms. The van der Waals surface area contributed by atoms with Crippen molar-refractivity contribution in [2.75, 3.05) is 19.7 Å². The maximum atomic E-state index is 12.5. The number of piperidine rings is 1. The molecule has 0 saturated carbocycles. The van der Waals surface area contributed by atoms with Crippen LogP contribution in [-0.2, 0) is 6.42 Å². The van der Waals surface area contributed by atoms with E-state index < -0.39 is 0 Å². The Hall–Kier alpha value is -2.40. The third kappa shape index (κ3) is 3.66. The molecule has 1 aromatic carbocycles. The summed E-state index contributed by atoms with van der Waals surface area (Å²) in [5.74, 6) is 1.10. The number of aromatic nitrogens is 1. The molecule has 1 amide bonds. The van der Waals surface area contributed by atoms with Crippen LogP contribution in [0.15, 0.2) is 48.8 Å². The van der Waals surface area contributed by atoms with E-state index in [4.69, 9.17) is 4.74 Å². The van der Waals surface area contributed by atoms with Crippen LogP contribution in [0.3, 0.4) is 0 Å². The van der Waals surface area contributed by atoms with E-state index in [0.29, 0.717) is 24.3 Å². The Morgan fingerprint density at radius 1 is 1.12 bits per heavy atom. The van der Waals surface area contributed by atoms with Crippen LogP contribution in [0, 0.1) is 0 Å². The van der Waals surface area contributed by atoms with Crippen molar-refractivity contribution in [3.63, 3.8) is 0 Å². The van der Waals surface area contributed by atoms with Crippen LogP contribution in [0.25, 0.3) is 0 Å². The fourth-order valence-corrected chi connectivity index (χ4v) is 3.69. The average Bonchev–Trinajstić information content (AvgIpc) is 2.69. The monoisotopic (exact) mass is 337 g/mol. The first-order chi connectivity index (χ1) is 12.3. The Morgan fingerprint density at radius 3 is 2.76 bits per heavy atom. The van der Waals surface area contributed by atoms with E-state index >= 15 is 0 Å². The number of pyridine rings is 1. The van der Waals surface area contributed by atoms with Gasteiger partial charge in [0.25, 0.3) is 5.91 Å². The van der Waals surface area contributed by atoms with Gasteiger partial charge in [0.15, 0.2) is 0 Å². The molecule has 0 aliphatic carbocycles. The van der Waals surface area contributed by atoms with Crippen LogP contribution >= 0.6 is 0 Å². The minimum Gasteiger partial charge on any atom is -0.492 e. The lowest BCUT2D eigenvalue weighted by Crippen LogP contribution is -2.50. The Balaban J connectivity index is 1.29. The number of amides is 1. The molecule has 3 heterocycles. The van der Waals surface area contributed by atoms with Crippen molar-refractivity contribution in [1.82, 2.24) is 15.2 Å². The van der Waals surface area contributed by atoms with Crippen molar-refractivity contribution in [3.8, 4) is 5.75 Å². The van der Waals surface area contributed by atoms with Gasteiger partial charge in [-0.05, 0) is 43.0 Å². The van der Waals surface area contributed by atoms with Gasteiger partial charge in [-0.3, -0.25) is 9.78 Å². The molecular weight excluding hydrogens is 314 g/mol. The van der Waals surface area contributed by atoms with E-state index in [1.54, 1.807) is 12.4 Å². The molecule has 2 aromatic rings. The fraction of sp³-hybridized carbons (Fsp3) is 0.400.